The van der Waals surface area contributed by atoms with Gasteiger partial charge < -0.3 is 10.1 Å². The van der Waals surface area contributed by atoms with Crippen LogP contribution in [-0.4, -0.2) is 43.2 Å². The molecular weight excluding hydrogens is 250 g/mol. The molecule has 1 N–H and O–H groups in total. The molecule has 0 amide bonds. The second-order valence-electron chi connectivity index (χ2n) is 4.53. The van der Waals surface area contributed by atoms with Gasteiger partial charge in [0, 0.05) is 20.1 Å². The van der Waals surface area contributed by atoms with Crippen LogP contribution in [0.1, 0.15) is 19.5 Å². The second-order valence-corrected chi connectivity index (χ2v) is 4.94. The molecule has 1 aromatic heterocycles. The quantitative estimate of drug-likeness (QED) is 0.827. The van der Waals surface area contributed by atoms with Gasteiger partial charge in [-0.1, -0.05) is 11.6 Å². The number of pyridine rings is 1. The molecule has 0 atom stereocenters. The van der Waals surface area contributed by atoms with Crippen molar-refractivity contribution in [2.24, 2.45) is 0 Å². The predicted octanol–water partition coefficient (Wildman–Crippen LogP) is 2.63. The molecule has 102 valence electrons. The van der Waals surface area contributed by atoms with Crippen LogP contribution in [0.25, 0.3) is 0 Å². The van der Waals surface area contributed by atoms with E-state index in [4.69, 9.17) is 16.3 Å². The number of nitrogens with one attached hydrogen (secondary N) is 1. The van der Waals surface area contributed by atoms with E-state index in [2.05, 4.69) is 15.2 Å². The van der Waals surface area contributed by atoms with Gasteiger partial charge in [-0.2, -0.15) is 0 Å². The van der Waals surface area contributed by atoms with E-state index in [1.807, 2.05) is 40.1 Å². The van der Waals surface area contributed by atoms with Crippen molar-refractivity contribution < 1.29 is 4.74 Å². The van der Waals surface area contributed by atoms with Crippen molar-refractivity contribution in [3.05, 3.63) is 22.8 Å². The van der Waals surface area contributed by atoms with Crippen molar-refractivity contribution in [1.82, 2.24) is 9.88 Å². The summed E-state index contributed by atoms with van der Waals surface area (Å²) in [4.78, 5) is 6.60. The lowest BCUT2D eigenvalue weighted by molar-refractivity contribution is 0.0625. The summed E-state index contributed by atoms with van der Waals surface area (Å²) in [6, 6.07) is 3.74. The van der Waals surface area contributed by atoms with Gasteiger partial charge in [0.15, 0.2) is 0 Å². The first-order valence-electron chi connectivity index (χ1n) is 6.16. The standard InChI is InChI=1S/C13H22ClN3O/c1-10(2)18-8-7-17(4)9-12-11(14)5-6-13(15-3)16-12/h5-6,10H,7-9H2,1-4H3,(H,15,16). The van der Waals surface area contributed by atoms with Gasteiger partial charge in [0.1, 0.15) is 5.82 Å². The Labute approximate surface area is 114 Å². The number of nitrogens with zero attached hydrogens (tertiary/aromatic N) is 2. The van der Waals surface area contributed by atoms with Crippen LogP contribution in [0.5, 0.6) is 0 Å². The summed E-state index contributed by atoms with van der Waals surface area (Å²) in [5, 5.41) is 3.71. The minimum Gasteiger partial charge on any atom is -0.377 e. The van der Waals surface area contributed by atoms with E-state index < -0.39 is 0 Å². The fourth-order valence-electron chi connectivity index (χ4n) is 1.51. The van der Waals surface area contributed by atoms with E-state index in [0.29, 0.717) is 5.02 Å². The monoisotopic (exact) mass is 271 g/mol. The average Bonchev–Trinajstić information content (AvgIpc) is 2.31. The van der Waals surface area contributed by atoms with E-state index in [1.165, 1.54) is 0 Å². The third kappa shape index (κ3) is 5.21. The zero-order chi connectivity index (χ0) is 13.5. The first kappa shape index (κ1) is 15.2. The Morgan fingerprint density at radius 2 is 2.17 bits per heavy atom. The molecule has 0 spiro atoms. The summed E-state index contributed by atoms with van der Waals surface area (Å²) >= 11 is 6.13. The number of anilines is 1. The van der Waals surface area contributed by atoms with Crippen molar-refractivity contribution in [3.63, 3.8) is 0 Å². The molecule has 18 heavy (non-hydrogen) atoms. The molecule has 0 aromatic carbocycles. The Balaban J connectivity index is 2.50. The first-order chi connectivity index (χ1) is 8.52. The summed E-state index contributed by atoms with van der Waals surface area (Å²) in [7, 11) is 3.88. The molecule has 0 bridgehead atoms. The first-order valence-corrected chi connectivity index (χ1v) is 6.54. The third-order valence-electron chi connectivity index (χ3n) is 2.52. The maximum Gasteiger partial charge on any atom is 0.126 e. The number of likely N-dealkylation sites (N-methyl/N-ethyl adjacent to an activating group) is 1. The van der Waals surface area contributed by atoms with Gasteiger partial charge >= 0.3 is 0 Å². The highest BCUT2D eigenvalue weighted by molar-refractivity contribution is 6.31. The Bertz CT molecular complexity index is 371. The molecule has 0 aliphatic rings. The Hall–Kier alpha value is -0.840. The lowest BCUT2D eigenvalue weighted by Crippen LogP contribution is -2.24. The van der Waals surface area contributed by atoms with Crippen LogP contribution in [0.3, 0.4) is 0 Å². The van der Waals surface area contributed by atoms with Crippen molar-refractivity contribution in [2.45, 2.75) is 26.5 Å². The van der Waals surface area contributed by atoms with Crippen LogP contribution < -0.4 is 5.32 Å². The van der Waals surface area contributed by atoms with Crippen molar-refractivity contribution in [2.75, 3.05) is 32.6 Å². The fourth-order valence-corrected chi connectivity index (χ4v) is 1.68. The van der Waals surface area contributed by atoms with Crippen LogP contribution in [-0.2, 0) is 11.3 Å². The number of hydrogen-bond acceptors (Lipinski definition) is 4. The van der Waals surface area contributed by atoms with Crippen molar-refractivity contribution in [3.8, 4) is 0 Å². The molecule has 0 aliphatic heterocycles. The molecule has 0 saturated heterocycles. The van der Waals surface area contributed by atoms with E-state index in [9.17, 15) is 0 Å². The summed E-state index contributed by atoms with van der Waals surface area (Å²) in [5.41, 5.74) is 0.885. The van der Waals surface area contributed by atoms with E-state index in [1.54, 1.807) is 0 Å². The second kappa shape index (κ2) is 7.56. The van der Waals surface area contributed by atoms with Gasteiger partial charge in [-0.3, -0.25) is 4.90 Å². The van der Waals surface area contributed by atoms with Gasteiger partial charge in [-0.25, -0.2) is 4.98 Å². The highest BCUT2D eigenvalue weighted by Crippen LogP contribution is 2.17. The normalized spacial score (nSPS) is 11.3. The van der Waals surface area contributed by atoms with Crippen LogP contribution in [0, 0.1) is 0 Å². The predicted molar refractivity (Wildman–Crippen MR) is 76.2 cm³/mol. The topological polar surface area (TPSA) is 37.4 Å². The molecule has 1 heterocycles. The molecule has 5 heteroatoms. The Morgan fingerprint density at radius 3 is 2.78 bits per heavy atom. The zero-order valence-corrected chi connectivity index (χ0v) is 12.3. The van der Waals surface area contributed by atoms with E-state index in [-0.39, 0.29) is 6.10 Å². The molecule has 0 radical (unpaired) electrons. The zero-order valence-electron chi connectivity index (χ0n) is 11.5. The fraction of sp³-hybridized carbons (Fsp3) is 0.615. The maximum absolute atomic E-state index is 6.13. The van der Waals surface area contributed by atoms with Crippen molar-refractivity contribution in [1.29, 1.82) is 0 Å². The average molecular weight is 272 g/mol. The highest BCUT2D eigenvalue weighted by atomic mass is 35.5. The number of halogens is 1. The SMILES string of the molecule is CNc1ccc(Cl)c(CN(C)CCOC(C)C)n1. The lowest BCUT2D eigenvalue weighted by atomic mass is 10.3. The molecule has 4 nitrogen and oxygen atoms in total. The van der Waals surface area contributed by atoms with Crippen LogP contribution >= 0.6 is 11.6 Å². The number of hydrogen-bond donors (Lipinski definition) is 1. The van der Waals surface area contributed by atoms with Crippen molar-refractivity contribution >= 4 is 17.4 Å². The number of rotatable bonds is 7. The van der Waals surface area contributed by atoms with Gasteiger partial charge in [-0.05, 0) is 33.0 Å². The molecule has 0 saturated carbocycles. The molecular formula is C13H22ClN3O. The lowest BCUT2D eigenvalue weighted by Gasteiger charge is -2.18. The summed E-state index contributed by atoms with van der Waals surface area (Å²) in [6.45, 7) is 6.37. The summed E-state index contributed by atoms with van der Waals surface area (Å²) in [5.74, 6) is 0.834. The smallest absolute Gasteiger partial charge is 0.126 e. The number of ether oxygens (including phenoxy) is 1. The highest BCUT2D eigenvalue weighted by Gasteiger charge is 2.07. The summed E-state index contributed by atoms with van der Waals surface area (Å²) in [6.07, 6.45) is 0.271. The molecule has 1 aromatic rings. The van der Waals surface area contributed by atoms with Gasteiger partial charge in [0.25, 0.3) is 0 Å². The largest absolute Gasteiger partial charge is 0.377 e. The van der Waals surface area contributed by atoms with Gasteiger partial charge in [-0.15, -0.1) is 0 Å². The van der Waals surface area contributed by atoms with Gasteiger partial charge in [0.05, 0.1) is 23.4 Å². The summed E-state index contributed by atoms with van der Waals surface area (Å²) < 4.78 is 5.52. The van der Waals surface area contributed by atoms with Crippen LogP contribution in [0.2, 0.25) is 5.02 Å². The van der Waals surface area contributed by atoms with E-state index >= 15 is 0 Å². The molecule has 0 aliphatic carbocycles. The minimum absolute atomic E-state index is 0.271. The van der Waals surface area contributed by atoms with E-state index in [0.717, 1.165) is 31.2 Å². The minimum atomic E-state index is 0.271. The third-order valence-corrected chi connectivity index (χ3v) is 2.86. The van der Waals surface area contributed by atoms with Gasteiger partial charge in [0.2, 0.25) is 0 Å². The van der Waals surface area contributed by atoms with Crippen LogP contribution in [0.4, 0.5) is 5.82 Å². The molecule has 0 fully saturated rings. The Morgan fingerprint density at radius 1 is 1.44 bits per heavy atom. The molecule has 1 rings (SSSR count). The van der Waals surface area contributed by atoms with Crippen LogP contribution in [0.15, 0.2) is 12.1 Å². The maximum atomic E-state index is 6.13. The molecule has 0 unspecified atom stereocenters. The Kier molecular flexibility index (Phi) is 6.39. The number of aromatic nitrogens is 1.